The SMILES string of the molecule is CC(C)(C)c1cc2c3c4ccccc4ccc3n3c4ccc5c(c6cc(C(C)(C)C)cc7c8c9ccccc9cc(-c9ccc%10c(c9)c9ccccc9n%10-c9ccccc9)c8n5c67)c4c(c1)c23. The van der Waals surface area contributed by atoms with E-state index in [1.165, 1.54) is 147 Å². The molecule has 0 spiro atoms. The fourth-order valence-corrected chi connectivity index (χ4v) is 12.4. The van der Waals surface area contributed by atoms with Crippen LogP contribution in [-0.4, -0.2) is 13.4 Å². The summed E-state index contributed by atoms with van der Waals surface area (Å²) in [5.74, 6) is 0. The molecule has 0 aliphatic rings. The van der Waals surface area contributed by atoms with Gasteiger partial charge in [-0.2, -0.15) is 0 Å². The summed E-state index contributed by atoms with van der Waals surface area (Å²) in [7, 11) is 0. The van der Waals surface area contributed by atoms with E-state index in [1.807, 2.05) is 0 Å². The van der Waals surface area contributed by atoms with Crippen LogP contribution >= 0.6 is 0 Å². The third kappa shape index (κ3) is 4.76. The second kappa shape index (κ2) is 12.5. The number of para-hydroxylation sites is 2. The van der Waals surface area contributed by atoms with Crippen LogP contribution in [0.25, 0.3) is 136 Å². The van der Waals surface area contributed by atoms with Crippen LogP contribution in [0.5, 0.6) is 0 Å². The minimum absolute atomic E-state index is 0.0459. The molecule has 0 radical (unpaired) electrons. The van der Waals surface area contributed by atoms with Crippen molar-refractivity contribution in [2.75, 3.05) is 0 Å². The number of nitrogens with zero attached hydrogens (tertiary/aromatic N) is 3. The number of hydrogen-bond acceptors (Lipinski definition) is 0. The summed E-state index contributed by atoms with van der Waals surface area (Å²) in [6.45, 7) is 14.2. The molecule has 0 bridgehead atoms. The van der Waals surface area contributed by atoms with Crippen molar-refractivity contribution < 1.29 is 0 Å². The van der Waals surface area contributed by atoms with E-state index in [0.717, 1.165) is 0 Å². The molecule has 0 aliphatic carbocycles. The number of hydrogen-bond donors (Lipinski definition) is 0. The molecule has 15 rings (SSSR count). The summed E-state index contributed by atoms with van der Waals surface area (Å²) >= 11 is 0. The zero-order chi connectivity index (χ0) is 44.8. The molecule has 15 aromatic rings. The molecule has 5 heterocycles. The number of rotatable bonds is 2. The maximum Gasteiger partial charge on any atom is 0.0626 e. The highest BCUT2D eigenvalue weighted by Crippen LogP contribution is 2.52. The molecule has 0 N–H and O–H groups in total. The van der Waals surface area contributed by atoms with E-state index in [4.69, 9.17) is 0 Å². The van der Waals surface area contributed by atoms with E-state index in [2.05, 4.69) is 231 Å². The van der Waals surface area contributed by atoms with Crippen molar-refractivity contribution in [3.8, 4) is 16.8 Å². The third-order valence-corrected chi connectivity index (χ3v) is 15.5. The summed E-state index contributed by atoms with van der Waals surface area (Å²) < 4.78 is 7.66. The van der Waals surface area contributed by atoms with Crippen molar-refractivity contribution in [1.29, 1.82) is 0 Å². The fraction of sp³-hybridized carbons (Fsp3) is 0.125. The summed E-state index contributed by atoms with van der Waals surface area (Å²) in [6.07, 6.45) is 0. The minimum atomic E-state index is -0.0762. The zero-order valence-electron chi connectivity index (χ0n) is 38.6. The Balaban J connectivity index is 1.14. The lowest BCUT2D eigenvalue weighted by Gasteiger charge is -2.20. The van der Waals surface area contributed by atoms with Gasteiger partial charge in [-0.05, 0) is 128 Å². The Morgan fingerprint density at radius 1 is 0.313 bits per heavy atom. The van der Waals surface area contributed by atoms with Crippen LogP contribution in [0.2, 0.25) is 0 Å². The van der Waals surface area contributed by atoms with Crippen LogP contribution in [0.4, 0.5) is 0 Å². The van der Waals surface area contributed by atoms with Crippen molar-refractivity contribution in [3.05, 3.63) is 187 Å². The van der Waals surface area contributed by atoms with Gasteiger partial charge in [0.25, 0.3) is 0 Å². The third-order valence-electron chi connectivity index (χ3n) is 15.5. The highest BCUT2D eigenvalue weighted by Gasteiger charge is 2.30. The van der Waals surface area contributed by atoms with Gasteiger partial charge in [0.1, 0.15) is 0 Å². The van der Waals surface area contributed by atoms with E-state index in [0.29, 0.717) is 0 Å². The van der Waals surface area contributed by atoms with Crippen molar-refractivity contribution >= 4 is 120 Å². The molecule has 67 heavy (non-hydrogen) atoms. The van der Waals surface area contributed by atoms with Crippen molar-refractivity contribution in [1.82, 2.24) is 13.4 Å². The highest BCUT2D eigenvalue weighted by atomic mass is 15.0. The average molecular weight is 858 g/mol. The Labute approximate surface area is 387 Å². The van der Waals surface area contributed by atoms with Gasteiger partial charge in [0.2, 0.25) is 0 Å². The lowest BCUT2D eigenvalue weighted by Crippen LogP contribution is -2.10. The normalized spacial score (nSPS) is 13.2. The molecule has 318 valence electrons. The lowest BCUT2D eigenvalue weighted by molar-refractivity contribution is 0.591. The monoisotopic (exact) mass is 857 g/mol. The second-order valence-electron chi connectivity index (χ2n) is 21.3. The molecule has 5 aromatic heterocycles. The maximum absolute atomic E-state index is 2.66. The van der Waals surface area contributed by atoms with Crippen LogP contribution in [0, 0.1) is 0 Å². The molecule has 0 saturated heterocycles. The first kappa shape index (κ1) is 37.4. The number of fused-ring (bicyclic) bond motifs is 20. The Hall–Kier alpha value is -7.88. The van der Waals surface area contributed by atoms with E-state index < -0.39 is 0 Å². The number of benzene rings is 10. The van der Waals surface area contributed by atoms with Gasteiger partial charge in [-0.3, -0.25) is 0 Å². The van der Waals surface area contributed by atoms with Gasteiger partial charge in [0, 0.05) is 65.1 Å². The molecule has 0 amide bonds. The van der Waals surface area contributed by atoms with Crippen LogP contribution in [0.15, 0.2) is 176 Å². The summed E-state index contributed by atoms with van der Waals surface area (Å²) in [6, 6.07) is 66.9. The molecule has 10 aromatic carbocycles. The topological polar surface area (TPSA) is 13.8 Å². The Bertz CT molecular complexity index is 4620. The Morgan fingerprint density at radius 2 is 0.806 bits per heavy atom. The minimum Gasteiger partial charge on any atom is -0.309 e. The summed E-state index contributed by atoms with van der Waals surface area (Å²) in [4.78, 5) is 0. The van der Waals surface area contributed by atoms with Crippen LogP contribution < -0.4 is 0 Å². The molecule has 0 saturated carbocycles. The first-order valence-corrected chi connectivity index (χ1v) is 23.9. The van der Waals surface area contributed by atoms with Crippen molar-refractivity contribution in [3.63, 3.8) is 0 Å². The molecule has 0 fully saturated rings. The largest absolute Gasteiger partial charge is 0.309 e. The lowest BCUT2D eigenvalue weighted by atomic mass is 9.84. The highest BCUT2D eigenvalue weighted by molar-refractivity contribution is 6.39. The molecule has 3 nitrogen and oxygen atoms in total. The van der Waals surface area contributed by atoms with Crippen molar-refractivity contribution in [2.24, 2.45) is 0 Å². The standard InChI is InChI=1S/C64H47N3/c1-63(2,3)39-32-47-56-42-20-12-10-16-36(42)24-27-53(56)66-54-28-29-55-59(58(54)49(34-39)60(47)66)50-35-40(64(4,5)6)33-48-57-43-21-13-11-17-37(43)30-45(62(57)67(55)61(48)50)38-25-26-52-46(31-38)44-22-14-15-23-51(44)65(52)41-18-8-7-9-19-41/h7-35H,1-6H3. The van der Waals surface area contributed by atoms with Gasteiger partial charge >= 0.3 is 0 Å². The van der Waals surface area contributed by atoms with E-state index >= 15 is 0 Å². The average Bonchev–Trinajstić information content (AvgIpc) is 4.13. The quantitative estimate of drug-likeness (QED) is 0.164. The molecule has 0 aliphatic heterocycles. The van der Waals surface area contributed by atoms with Crippen molar-refractivity contribution in [2.45, 2.75) is 52.4 Å². The molecule has 0 atom stereocenters. The molecule has 0 unspecified atom stereocenters. The summed E-state index contributed by atoms with van der Waals surface area (Å²) in [5.41, 5.74) is 16.4. The van der Waals surface area contributed by atoms with E-state index in [1.54, 1.807) is 0 Å². The van der Waals surface area contributed by atoms with Crippen LogP contribution in [-0.2, 0) is 10.8 Å². The van der Waals surface area contributed by atoms with Gasteiger partial charge in [-0.15, -0.1) is 0 Å². The molecular formula is C64H47N3. The van der Waals surface area contributed by atoms with Gasteiger partial charge < -0.3 is 13.4 Å². The van der Waals surface area contributed by atoms with Gasteiger partial charge in [0.05, 0.1) is 44.1 Å². The fourth-order valence-electron chi connectivity index (χ4n) is 12.4. The summed E-state index contributed by atoms with van der Waals surface area (Å²) in [5, 5.41) is 18.4. The second-order valence-corrected chi connectivity index (χ2v) is 21.3. The number of aromatic nitrogens is 3. The van der Waals surface area contributed by atoms with E-state index in [9.17, 15) is 0 Å². The van der Waals surface area contributed by atoms with E-state index in [-0.39, 0.29) is 10.8 Å². The maximum atomic E-state index is 2.66. The van der Waals surface area contributed by atoms with Gasteiger partial charge in [0.15, 0.2) is 0 Å². The van der Waals surface area contributed by atoms with Crippen LogP contribution in [0.3, 0.4) is 0 Å². The van der Waals surface area contributed by atoms with Gasteiger partial charge in [-0.25, -0.2) is 0 Å². The Kier molecular flexibility index (Phi) is 6.97. The molecular weight excluding hydrogens is 811 g/mol. The van der Waals surface area contributed by atoms with Crippen LogP contribution in [0.1, 0.15) is 52.7 Å². The zero-order valence-corrected chi connectivity index (χ0v) is 38.6. The Morgan fingerprint density at radius 3 is 1.49 bits per heavy atom. The first-order valence-electron chi connectivity index (χ1n) is 23.9. The predicted octanol–water partition coefficient (Wildman–Crippen LogP) is 17.7. The first-order chi connectivity index (χ1) is 32.5. The molecule has 3 heteroatoms. The van der Waals surface area contributed by atoms with Gasteiger partial charge in [-0.1, -0.05) is 139 Å². The smallest absolute Gasteiger partial charge is 0.0626 e. The predicted molar refractivity (Wildman–Crippen MR) is 288 cm³/mol.